The van der Waals surface area contributed by atoms with Crippen LogP contribution in [0.5, 0.6) is 0 Å². The van der Waals surface area contributed by atoms with Crippen molar-refractivity contribution in [3.05, 3.63) is 41.7 Å². The van der Waals surface area contributed by atoms with Crippen molar-refractivity contribution in [1.29, 1.82) is 0 Å². The predicted molar refractivity (Wildman–Crippen MR) is 72.8 cm³/mol. The maximum absolute atomic E-state index is 13.4. The smallest absolute Gasteiger partial charge is 0.335 e. The molecule has 20 heavy (non-hydrogen) atoms. The molecule has 1 aliphatic heterocycles. The van der Waals surface area contributed by atoms with Gasteiger partial charge in [-0.3, -0.25) is 4.79 Å². The molecular weight excluding hydrogens is 261 g/mol. The zero-order chi connectivity index (χ0) is 14.7. The van der Waals surface area contributed by atoms with Crippen molar-refractivity contribution in [3.63, 3.8) is 0 Å². The van der Waals surface area contributed by atoms with Crippen molar-refractivity contribution in [2.45, 2.75) is 19.8 Å². The fourth-order valence-corrected chi connectivity index (χ4v) is 2.17. The molecule has 1 aromatic carbocycles. The summed E-state index contributed by atoms with van der Waals surface area (Å²) in [5.41, 5.74) is 1.58. The van der Waals surface area contributed by atoms with E-state index in [-0.39, 0.29) is 24.6 Å². The van der Waals surface area contributed by atoms with Crippen LogP contribution in [0, 0.1) is 5.82 Å². The normalized spacial score (nSPS) is 13.9. The number of hydrogen-bond donors (Lipinski definition) is 0. The van der Waals surface area contributed by atoms with Gasteiger partial charge < -0.3 is 9.64 Å². The van der Waals surface area contributed by atoms with Crippen LogP contribution in [0.4, 0.5) is 10.1 Å². The number of hydrogen-bond acceptors (Lipinski definition) is 3. The molecule has 0 aromatic heterocycles. The number of carbonyl (C=O) groups is 2. The van der Waals surface area contributed by atoms with Gasteiger partial charge in [0.05, 0.1) is 18.8 Å². The second-order valence-corrected chi connectivity index (χ2v) is 4.58. The predicted octanol–water partition coefficient (Wildman–Crippen LogP) is 2.22. The van der Waals surface area contributed by atoms with Gasteiger partial charge in [0.25, 0.3) is 0 Å². The number of nitrogens with zero attached hydrogens (tertiary/aromatic N) is 1. The largest absolute Gasteiger partial charge is 0.463 e. The van der Waals surface area contributed by atoms with Crippen LogP contribution < -0.4 is 4.90 Å². The Morgan fingerprint density at radius 2 is 2.20 bits per heavy atom. The first-order chi connectivity index (χ1) is 9.52. The summed E-state index contributed by atoms with van der Waals surface area (Å²) in [6, 6.07) is 4.34. The first-order valence-electron chi connectivity index (χ1n) is 6.46. The Morgan fingerprint density at radius 3 is 2.90 bits per heavy atom. The molecule has 0 atom stereocenters. The van der Waals surface area contributed by atoms with Crippen molar-refractivity contribution < 1.29 is 18.7 Å². The molecule has 0 saturated heterocycles. The fraction of sp³-hybridized carbons (Fsp3) is 0.333. The SMILES string of the molecule is C=C(CN1C(=O)CCc2ccc(F)cc21)C(=O)OCC. The minimum Gasteiger partial charge on any atom is -0.463 e. The first-order valence-corrected chi connectivity index (χ1v) is 6.46. The number of esters is 1. The standard InChI is InChI=1S/C15H16FNO3/c1-3-20-15(19)10(2)9-17-13-8-12(16)6-4-11(13)5-7-14(17)18/h4,6,8H,2-3,5,7,9H2,1H3. The summed E-state index contributed by atoms with van der Waals surface area (Å²) in [5, 5.41) is 0. The van der Waals surface area contributed by atoms with Crippen molar-refractivity contribution in [2.24, 2.45) is 0 Å². The van der Waals surface area contributed by atoms with Gasteiger partial charge in [-0.15, -0.1) is 0 Å². The zero-order valence-corrected chi connectivity index (χ0v) is 11.3. The number of halogens is 1. The third kappa shape index (κ3) is 2.87. The summed E-state index contributed by atoms with van der Waals surface area (Å²) in [5.74, 6) is -1.09. The quantitative estimate of drug-likeness (QED) is 0.626. The molecular formula is C15H16FNO3. The fourth-order valence-electron chi connectivity index (χ4n) is 2.17. The van der Waals surface area contributed by atoms with Crippen LogP contribution in [0.3, 0.4) is 0 Å². The molecule has 0 aliphatic carbocycles. The van der Waals surface area contributed by atoms with Gasteiger partial charge in [0.15, 0.2) is 0 Å². The summed E-state index contributed by atoms with van der Waals surface area (Å²) < 4.78 is 18.2. The molecule has 0 saturated carbocycles. The van der Waals surface area contributed by atoms with Crippen LogP contribution in [0.25, 0.3) is 0 Å². The molecule has 4 nitrogen and oxygen atoms in total. The molecule has 106 valence electrons. The number of fused-ring (bicyclic) bond motifs is 1. The molecule has 1 aliphatic rings. The van der Waals surface area contributed by atoms with Gasteiger partial charge in [-0.25, -0.2) is 9.18 Å². The Hall–Kier alpha value is -2.17. The molecule has 0 spiro atoms. The molecule has 5 heteroatoms. The van der Waals surface area contributed by atoms with E-state index in [1.807, 2.05) is 0 Å². The van der Waals surface area contributed by atoms with Gasteiger partial charge in [-0.2, -0.15) is 0 Å². The van der Waals surface area contributed by atoms with E-state index in [1.165, 1.54) is 17.0 Å². The highest BCUT2D eigenvalue weighted by atomic mass is 19.1. The van der Waals surface area contributed by atoms with Gasteiger partial charge in [-0.1, -0.05) is 12.6 Å². The first kappa shape index (κ1) is 14.2. The minimum absolute atomic E-state index is 0.0219. The molecule has 2 rings (SSSR count). The average molecular weight is 277 g/mol. The van der Waals surface area contributed by atoms with Gasteiger partial charge >= 0.3 is 5.97 Å². The lowest BCUT2D eigenvalue weighted by Crippen LogP contribution is -2.37. The van der Waals surface area contributed by atoms with E-state index in [1.54, 1.807) is 13.0 Å². The zero-order valence-electron chi connectivity index (χ0n) is 11.3. The van der Waals surface area contributed by atoms with E-state index >= 15 is 0 Å². The van der Waals surface area contributed by atoms with Gasteiger partial charge in [0, 0.05) is 12.0 Å². The Kier molecular flexibility index (Phi) is 4.17. The number of ether oxygens (including phenoxy) is 1. The van der Waals surface area contributed by atoms with Crippen molar-refractivity contribution in [3.8, 4) is 0 Å². The second-order valence-electron chi connectivity index (χ2n) is 4.58. The summed E-state index contributed by atoms with van der Waals surface area (Å²) in [6.07, 6.45) is 0.922. The molecule has 0 unspecified atom stereocenters. The van der Waals surface area contributed by atoms with E-state index in [0.29, 0.717) is 18.5 Å². The summed E-state index contributed by atoms with van der Waals surface area (Å²) >= 11 is 0. The summed E-state index contributed by atoms with van der Waals surface area (Å²) in [7, 11) is 0. The van der Waals surface area contributed by atoms with Gasteiger partial charge in [-0.05, 0) is 31.0 Å². The molecule has 1 heterocycles. The van der Waals surface area contributed by atoms with E-state index in [4.69, 9.17) is 4.74 Å². The maximum Gasteiger partial charge on any atom is 0.335 e. The van der Waals surface area contributed by atoms with Crippen LogP contribution in [-0.4, -0.2) is 25.0 Å². The highest BCUT2D eigenvalue weighted by Crippen LogP contribution is 2.29. The topological polar surface area (TPSA) is 46.6 Å². The lowest BCUT2D eigenvalue weighted by molar-refractivity contribution is -0.138. The highest BCUT2D eigenvalue weighted by Gasteiger charge is 2.26. The monoisotopic (exact) mass is 277 g/mol. The van der Waals surface area contributed by atoms with Crippen LogP contribution in [0.1, 0.15) is 18.9 Å². The van der Waals surface area contributed by atoms with Crippen molar-refractivity contribution in [2.75, 3.05) is 18.1 Å². The van der Waals surface area contributed by atoms with Crippen LogP contribution in [0.15, 0.2) is 30.4 Å². The molecule has 0 fully saturated rings. The lowest BCUT2D eigenvalue weighted by atomic mass is 10.0. The number of rotatable bonds is 4. The maximum atomic E-state index is 13.4. The third-order valence-corrected chi connectivity index (χ3v) is 3.16. The molecule has 1 aromatic rings. The van der Waals surface area contributed by atoms with E-state index in [9.17, 15) is 14.0 Å². The number of amides is 1. The van der Waals surface area contributed by atoms with Gasteiger partial charge in [0.2, 0.25) is 5.91 Å². The van der Waals surface area contributed by atoms with Crippen molar-refractivity contribution in [1.82, 2.24) is 0 Å². The Morgan fingerprint density at radius 1 is 1.45 bits per heavy atom. The molecule has 1 amide bonds. The minimum atomic E-state index is -0.538. The van der Waals surface area contributed by atoms with E-state index in [2.05, 4.69) is 6.58 Å². The van der Waals surface area contributed by atoms with Crippen LogP contribution >= 0.6 is 0 Å². The number of carbonyl (C=O) groups excluding carboxylic acids is 2. The lowest BCUT2D eigenvalue weighted by Gasteiger charge is -2.29. The van der Waals surface area contributed by atoms with E-state index < -0.39 is 11.8 Å². The third-order valence-electron chi connectivity index (χ3n) is 3.16. The number of aryl methyl sites for hydroxylation is 1. The number of benzene rings is 1. The van der Waals surface area contributed by atoms with Gasteiger partial charge in [0.1, 0.15) is 5.82 Å². The summed E-state index contributed by atoms with van der Waals surface area (Å²) in [6.45, 7) is 5.60. The molecule has 0 radical (unpaired) electrons. The Bertz CT molecular complexity index is 568. The highest BCUT2D eigenvalue weighted by molar-refractivity contribution is 5.99. The molecule has 0 N–H and O–H groups in total. The van der Waals surface area contributed by atoms with Crippen LogP contribution in [-0.2, 0) is 20.7 Å². The van der Waals surface area contributed by atoms with Crippen molar-refractivity contribution >= 4 is 17.6 Å². The molecule has 0 bridgehead atoms. The second kappa shape index (κ2) is 5.86. The Balaban J connectivity index is 2.23. The van der Waals surface area contributed by atoms with E-state index in [0.717, 1.165) is 5.56 Å². The number of anilines is 1. The average Bonchev–Trinajstić information content (AvgIpc) is 2.42. The summed E-state index contributed by atoms with van der Waals surface area (Å²) in [4.78, 5) is 25.0. The Labute approximate surface area is 116 Å². The van der Waals surface area contributed by atoms with Crippen LogP contribution in [0.2, 0.25) is 0 Å².